The zero-order valence-electron chi connectivity index (χ0n) is 14.5. The van der Waals surface area contributed by atoms with E-state index in [1.54, 1.807) is 0 Å². The molecule has 2 aliphatic rings. The molecule has 0 radical (unpaired) electrons. The highest BCUT2D eigenvalue weighted by atomic mass is 32.1. The van der Waals surface area contributed by atoms with E-state index in [0.29, 0.717) is 0 Å². The van der Waals surface area contributed by atoms with Crippen LogP contribution in [-0.4, -0.2) is 69.0 Å². The van der Waals surface area contributed by atoms with Crippen molar-refractivity contribution >= 4 is 35.1 Å². The van der Waals surface area contributed by atoms with Crippen molar-refractivity contribution in [2.45, 2.75) is 26.2 Å². The predicted molar refractivity (Wildman–Crippen MR) is 95.9 cm³/mol. The van der Waals surface area contributed by atoms with Gasteiger partial charge >= 0.3 is 11.9 Å². The van der Waals surface area contributed by atoms with Crippen molar-refractivity contribution < 1.29 is 19.8 Å². The first kappa shape index (κ1) is 19.3. The van der Waals surface area contributed by atoms with E-state index >= 15 is 0 Å². The number of aromatic nitrogens is 2. The summed E-state index contributed by atoms with van der Waals surface area (Å²) in [5.74, 6) is -1.67. The number of carboxylic acids is 2. The van der Waals surface area contributed by atoms with Gasteiger partial charge in [-0.25, -0.2) is 9.59 Å². The Morgan fingerprint density at radius 1 is 1.16 bits per heavy atom. The van der Waals surface area contributed by atoms with Crippen LogP contribution in [0.25, 0.3) is 5.57 Å². The van der Waals surface area contributed by atoms with Crippen molar-refractivity contribution in [3.8, 4) is 0 Å². The summed E-state index contributed by atoms with van der Waals surface area (Å²) in [5, 5.41) is 14.8. The molecule has 3 rings (SSSR count). The first-order valence-corrected chi connectivity index (χ1v) is 9.03. The first-order chi connectivity index (χ1) is 11.9. The van der Waals surface area contributed by atoms with Gasteiger partial charge in [-0.2, -0.15) is 8.75 Å². The van der Waals surface area contributed by atoms with Crippen molar-refractivity contribution in [2.75, 3.05) is 38.1 Å². The zero-order chi connectivity index (χ0) is 18.4. The fourth-order valence-corrected chi connectivity index (χ4v) is 3.48. The van der Waals surface area contributed by atoms with E-state index in [0.717, 1.165) is 50.0 Å². The highest BCUT2D eigenvalue weighted by Crippen LogP contribution is 2.30. The van der Waals surface area contributed by atoms with Crippen molar-refractivity contribution in [3.05, 3.63) is 11.8 Å². The van der Waals surface area contributed by atoms with Crippen LogP contribution in [0.15, 0.2) is 6.08 Å². The van der Waals surface area contributed by atoms with Crippen molar-refractivity contribution in [3.63, 3.8) is 0 Å². The number of aliphatic carboxylic acids is 2. The van der Waals surface area contributed by atoms with E-state index in [9.17, 15) is 0 Å². The van der Waals surface area contributed by atoms with Crippen LogP contribution < -0.4 is 4.90 Å². The Morgan fingerprint density at radius 3 is 2.36 bits per heavy atom. The second-order valence-corrected chi connectivity index (χ2v) is 7.00. The molecule has 0 unspecified atom stereocenters. The van der Waals surface area contributed by atoms with Crippen molar-refractivity contribution in [2.24, 2.45) is 5.92 Å². The summed E-state index contributed by atoms with van der Waals surface area (Å²) in [4.78, 5) is 23.0. The smallest absolute Gasteiger partial charge is 0.414 e. The van der Waals surface area contributed by atoms with Gasteiger partial charge in [-0.1, -0.05) is 13.0 Å². The van der Waals surface area contributed by atoms with E-state index in [4.69, 9.17) is 19.8 Å². The van der Waals surface area contributed by atoms with Gasteiger partial charge in [0.15, 0.2) is 5.82 Å². The molecule has 1 aromatic rings. The van der Waals surface area contributed by atoms with Crippen LogP contribution >= 0.6 is 11.7 Å². The third-order valence-corrected chi connectivity index (χ3v) is 4.90. The average molecular weight is 368 g/mol. The number of rotatable bonds is 2. The van der Waals surface area contributed by atoms with Crippen molar-refractivity contribution in [1.29, 1.82) is 0 Å². The minimum Gasteiger partial charge on any atom is -0.473 e. The molecule has 0 bridgehead atoms. The summed E-state index contributed by atoms with van der Waals surface area (Å²) in [6, 6.07) is 0. The van der Waals surface area contributed by atoms with Crippen LogP contribution in [0, 0.1) is 5.92 Å². The van der Waals surface area contributed by atoms with Crippen LogP contribution in [0.1, 0.15) is 31.9 Å². The van der Waals surface area contributed by atoms with Crippen LogP contribution in [0.5, 0.6) is 0 Å². The van der Waals surface area contributed by atoms with Crippen molar-refractivity contribution in [1.82, 2.24) is 13.6 Å². The maximum Gasteiger partial charge on any atom is 0.414 e. The van der Waals surface area contributed by atoms with Gasteiger partial charge in [-0.3, -0.25) is 0 Å². The Hall–Kier alpha value is -2.00. The number of anilines is 1. The van der Waals surface area contributed by atoms with Gasteiger partial charge in [-0.15, -0.1) is 0 Å². The number of hydrogen-bond donors (Lipinski definition) is 2. The molecule has 25 heavy (non-hydrogen) atoms. The number of likely N-dealkylation sites (N-methyl/N-ethyl adjacent to an activating group) is 1. The monoisotopic (exact) mass is 368 g/mol. The maximum atomic E-state index is 9.10. The zero-order valence-corrected chi connectivity index (χ0v) is 15.3. The molecule has 1 fully saturated rings. The lowest BCUT2D eigenvalue weighted by molar-refractivity contribution is -0.159. The van der Waals surface area contributed by atoms with Crippen LogP contribution in [0.2, 0.25) is 0 Å². The van der Waals surface area contributed by atoms with Crippen LogP contribution in [0.4, 0.5) is 5.82 Å². The Labute approximate surface area is 151 Å². The van der Waals surface area contributed by atoms with Gasteiger partial charge in [0.1, 0.15) is 5.69 Å². The molecule has 0 amide bonds. The standard InChI is InChI=1S/C14H22N4S.C2H2O4/c1-11-5-8-18(9-6-11)14-13(15-19-16-14)12-4-3-7-17(2)10-12;3-1(4)2(5)6/h4,11H,3,5-10H2,1-2H3;(H,3,4)(H,5,6). The summed E-state index contributed by atoms with van der Waals surface area (Å²) in [7, 11) is 2.18. The number of carbonyl (C=O) groups is 2. The lowest BCUT2D eigenvalue weighted by Crippen LogP contribution is -2.34. The minimum absolute atomic E-state index is 0.853. The molecule has 2 N–H and O–H groups in total. The quantitative estimate of drug-likeness (QED) is 0.759. The van der Waals surface area contributed by atoms with Gasteiger partial charge in [0.05, 0.1) is 11.7 Å². The summed E-state index contributed by atoms with van der Waals surface area (Å²) < 4.78 is 9.12. The van der Waals surface area contributed by atoms with Crippen LogP contribution in [-0.2, 0) is 9.59 Å². The molecule has 1 saturated heterocycles. The molecule has 0 aromatic carbocycles. The molecular formula is C16H24N4O4S. The van der Waals surface area contributed by atoms with E-state index in [1.807, 2.05) is 0 Å². The predicted octanol–water partition coefficient (Wildman–Crippen LogP) is 1.65. The van der Waals surface area contributed by atoms with Gasteiger partial charge < -0.3 is 20.0 Å². The normalized spacial score (nSPS) is 19.0. The van der Waals surface area contributed by atoms with Gasteiger partial charge in [0.25, 0.3) is 0 Å². The minimum atomic E-state index is -1.82. The number of carboxylic acid groups (broad SMARTS) is 2. The highest BCUT2D eigenvalue weighted by molar-refractivity contribution is 6.99. The molecule has 1 aromatic heterocycles. The molecule has 3 heterocycles. The molecule has 138 valence electrons. The summed E-state index contributed by atoms with van der Waals surface area (Å²) >= 11 is 1.35. The summed E-state index contributed by atoms with van der Waals surface area (Å²) in [6.07, 6.45) is 6.01. The molecule has 8 nitrogen and oxygen atoms in total. The molecule has 0 saturated carbocycles. The average Bonchev–Trinajstić information content (AvgIpc) is 3.05. The summed E-state index contributed by atoms with van der Waals surface area (Å²) in [6.45, 7) is 6.75. The third kappa shape index (κ3) is 5.50. The van der Waals surface area contributed by atoms with Gasteiger partial charge in [-0.05, 0) is 37.8 Å². The lowest BCUT2D eigenvalue weighted by atomic mass is 9.98. The number of nitrogens with zero attached hydrogens (tertiary/aromatic N) is 4. The van der Waals surface area contributed by atoms with Crippen LogP contribution in [0.3, 0.4) is 0 Å². The molecule has 2 aliphatic heterocycles. The number of hydrogen-bond acceptors (Lipinski definition) is 7. The lowest BCUT2D eigenvalue weighted by Gasteiger charge is -2.31. The van der Waals surface area contributed by atoms with E-state index in [2.05, 4.69) is 38.6 Å². The fourth-order valence-electron chi connectivity index (χ4n) is 2.88. The molecule has 0 spiro atoms. The Balaban J connectivity index is 0.000000326. The van der Waals surface area contributed by atoms with E-state index in [1.165, 1.54) is 30.1 Å². The van der Waals surface area contributed by atoms with E-state index in [-0.39, 0.29) is 0 Å². The highest BCUT2D eigenvalue weighted by Gasteiger charge is 2.24. The molecule has 0 aliphatic carbocycles. The topological polar surface area (TPSA) is 107 Å². The Kier molecular flexibility index (Phi) is 6.89. The second kappa shape index (κ2) is 8.91. The fraction of sp³-hybridized carbons (Fsp3) is 0.625. The van der Waals surface area contributed by atoms with Gasteiger partial charge in [0.2, 0.25) is 0 Å². The second-order valence-electron chi connectivity index (χ2n) is 6.47. The first-order valence-electron chi connectivity index (χ1n) is 8.30. The molecule has 0 atom stereocenters. The Bertz CT molecular complexity index is 626. The SMILES string of the molecule is CC1CCN(c2nsnc2C2=CCCN(C)C2)CC1.O=C(O)C(=O)O. The van der Waals surface area contributed by atoms with E-state index < -0.39 is 11.9 Å². The largest absolute Gasteiger partial charge is 0.473 e. The maximum absolute atomic E-state index is 9.10. The summed E-state index contributed by atoms with van der Waals surface area (Å²) in [5.41, 5.74) is 2.49. The third-order valence-electron chi connectivity index (χ3n) is 4.38. The molecular weight excluding hydrogens is 344 g/mol. The van der Waals surface area contributed by atoms with Gasteiger partial charge in [0, 0.05) is 26.2 Å². The molecule has 9 heteroatoms. The number of piperidine rings is 1. The Morgan fingerprint density at radius 2 is 1.80 bits per heavy atom.